The Morgan fingerprint density at radius 2 is 2.11 bits per heavy atom. The predicted octanol–water partition coefficient (Wildman–Crippen LogP) is 4.08. The molecule has 2 nitrogen and oxygen atoms in total. The van der Waals surface area contributed by atoms with E-state index in [2.05, 4.69) is 16.4 Å². The van der Waals surface area contributed by atoms with E-state index in [1.54, 1.807) is 6.07 Å². The highest BCUT2D eigenvalue weighted by atomic mass is 35.5. The number of benzene rings is 1. The number of rotatable bonds is 2. The van der Waals surface area contributed by atoms with Gasteiger partial charge in [0.05, 0.1) is 10.5 Å². The number of piperidine rings is 1. The van der Waals surface area contributed by atoms with E-state index in [4.69, 9.17) is 23.2 Å². The summed E-state index contributed by atoms with van der Waals surface area (Å²) < 4.78 is 0. The summed E-state index contributed by atoms with van der Waals surface area (Å²) in [7, 11) is 0. The van der Waals surface area contributed by atoms with Crippen molar-refractivity contribution < 1.29 is 0 Å². The van der Waals surface area contributed by atoms with Gasteiger partial charge in [-0.2, -0.15) is 0 Å². The molecule has 19 heavy (non-hydrogen) atoms. The first-order chi connectivity index (χ1) is 9.24. The second-order valence-corrected chi connectivity index (χ2v) is 5.92. The maximum absolute atomic E-state index is 6.51. The fourth-order valence-electron chi connectivity index (χ4n) is 2.76. The standard InChI is InChI=1S/C15H16Cl2N2/c16-14-6-4-12-13(19-14)5-3-11(15(12)17)8-10-2-1-7-18-9-10/h3-6,10,18H,1-2,7-9H2. The van der Waals surface area contributed by atoms with Crippen LogP contribution in [0.15, 0.2) is 24.3 Å². The topological polar surface area (TPSA) is 24.9 Å². The second-order valence-electron chi connectivity index (χ2n) is 5.16. The molecule has 4 heteroatoms. The van der Waals surface area contributed by atoms with Gasteiger partial charge in [-0.1, -0.05) is 29.3 Å². The Hall–Kier alpha value is -0.830. The number of aromatic nitrogens is 1. The molecule has 2 aromatic rings. The van der Waals surface area contributed by atoms with Crippen molar-refractivity contribution in [2.24, 2.45) is 5.92 Å². The highest BCUT2D eigenvalue weighted by Crippen LogP contribution is 2.30. The van der Waals surface area contributed by atoms with E-state index in [1.807, 2.05) is 12.1 Å². The Labute approximate surface area is 123 Å². The molecule has 1 N–H and O–H groups in total. The summed E-state index contributed by atoms with van der Waals surface area (Å²) in [6.07, 6.45) is 3.57. The van der Waals surface area contributed by atoms with Crippen LogP contribution in [0.2, 0.25) is 10.2 Å². The molecule has 1 aliphatic rings. The van der Waals surface area contributed by atoms with E-state index in [0.29, 0.717) is 11.1 Å². The van der Waals surface area contributed by atoms with Gasteiger partial charge in [0.1, 0.15) is 5.15 Å². The maximum atomic E-state index is 6.51. The summed E-state index contributed by atoms with van der Waals surface area (Å²) in [6.45, 7) is 2.23. The molecule has 1 fully saturated rings. The van der Waals surface area contributed by atoms with E-state index >= 15 is 0 Å². The molecular formula is C15H16Cl2N2. The minimum absolute atomic E-state index is 0.507. The van der Waals surface area contributed by atoms with Gasteiger partial charge in [0, 0.05) is 5.39 Å². The lowest BCUT2D eigenvalue weighted by molar-refractivity contribution is 0.376. The molecule has 0 saturated carbocycles. The second kappa shape index (κ2) is 5.66. The summed E-state index contributed by atoms with van der Waals surface area (Å²) in [5, 5.41) is 5.77. The van der Waals surface area contributed by atoms with Gasteiger partial charge in [-0.15, -0.1) is 0 Å². The molecule has 1 aromatic carbocycles. The number of nitrogens with one attached hydrogen (secondary N) is 1. The molecular weight excluding hydrogens is 279 g/mol. The Balaban J connectivity index is 1.91. The van der Waals surface area contributed by atoms with Crippen LogP contribution in [0, 0.1) is 5.92 Å². The first-order valence-electron chi connectivity index (χ1n) is 6.68. The molecule has 0 radical (unpaired) electrons. The lowest BCUT2D eigenvalue weighted by Gasteiger charge is -2.23. The van der Waals surface area contributed by atoms with E-state index < -0.39 is 0 Å². The number of hydrogen-bond acceptors (Lipinski definition) is 2. The van der Waals surface area contributed by atoms with Crippen LogP contribution < -0.4 is 5.32 Å². The SMILES string of the molecule is Clc1ccc2c(Cl)c(CC3CCCNC3)ccc2n1. The largest absolute Gasteiger partial charge is 0.316 e. The molecule has 1 aliphatic heterocycles. The summed E-state index contributed by atoms with van der Waals surface area (Å²) in [5.74, 6) is 0.684. The van der Waals surface area contributed by atoms with Crippen LogP contribution in [-0.4, -0.2) is 18.1 Å². The maximum Gasteiger partial charge on any atom is 0.129 e. The predicted molar refractivity (Wildman–Crippen MR) is 81.1 cm³/mol. The number of fused-ring (bicyclic) bond motifs is 1. The lowest BCUT2D eigenvalue weighted by atomic mass is 9.92. The Morgan fingerprint density at radius 3 is 2.89 bits per heavy atom. The highest BCUT2D eigenvalue weighted by molar-refractivity contribution is 6.36. The fraction of sp³-hybridized carbons (Fsp3) is 0.400. The summed E-state index contributed by atoms with van der Waals surface area (Å²) in [5.41, 5.74) is 2.08. The molecule has 100 valence electrons. The van der Waals surface area contributed by atoms with Gasteiger partial charge in [0.2, 0.25) is 0 Å². The highest BCUT2D eigenvalue weighted by Gasteiger charge is 2.16. The number of nitrogens with zero attached hydrogens (tertiary/aromatic N) is 1. The van der Waals surface area contributed by atoms with Crippen LogP contribution in [0.3, 0.4) is 0 Å². The molecule has 1 atom stereocenters. The molecule has 1 unspecified atom stereocenters. The van der Waals surface area contributed by atoms with Crippen LogP contribution >= 0.6 is 23.2 Å². The average Bonchev–Trinajstić information content (AvgIpc) is 2.43. The summed E-state index contributed by atoms with van der Waals surface area (Å²) >= 11 is 12.4. The van der Waals surface area contributed by atoms with Gasteiger partial charge in [-0.3, -0.25) is 0 Å². The minimum atomic E-state index is 0.507. The summed E-state index contributed by atoms with van der Waals surface area (Å²) in [6, 6.07) is 7.85. The van der Waals surface area contributed by atoms with Gasteiger partial charge in [0.25, 0.3) is 0 Å². The van der Waals surface area contributed by atoms with Crippen molar-refractivity contribution >= 4 is 34.1 Å². The van der Waals surface area contributed by atoms with Crippen LogP contribution in [-0.2, 0) is 6.42 Å². The number of halogens is 2. The van der Waals surface area contributed by atoms with Crippen molar-refractivity contribution in [3.63, 3.8) is 0 Å². The van der Waals surface area contributed by atoms with Gasteiger partial charge >= 0.3 is 0 Å². The van der Waals surface area contributed by atoms with E-state index in [9.17, 15) is 0 Å². The zero-order chi connectivity index (χ0) is 13.2. The Bertz CT molecular complexity index is 592. The van der Waals surface area contributed by atoms with Crippen LogP contribution in [0.5, 0.6) is 0 Å². The van der Waals surface area contributed by atoms with Gasteiger partial charge in [-0.25, -0.2) is 4.98 Å². The molecule has 1 aromatic heterocycles. The lowest BCUT2D eigenvalue weighted by Crippen LogP contribution is -2.30. The van der Waals surface area contributed by atoms with E-state index in [1.165, 1.54) is 18.4 Å². The third-order valence-corrected chi connectivity index (χ3v) is 4.42. The molecule has 0 aliphatic carbocycles. The third kappa shape index (κ3) is 2.86. The Kier molecular flexibility index (Phi) is 3.92. The van der Waals surface area contributed by atoms with Crippen LogP contribution in [0.4, 0.5) is 0 Å². The smallest absolute Gasteiger partial charge is 0.129 e. The van der Waals surface area contributed by atoms with Crippen molar-refractivity contribution in [2.45, 2.75) is 19.3 Å². The Morgan fingerprint density at radius 1 is 1.21 bits per heavy atom. The average molecular weight is 295 g/mol. The number of hydrogen-bond donors (Lipinski definition) is 1. The van der Waals surface area contributed by atoms with Crippen molar-refractivity contribution in [1.82, 2.24) is 10.3 Å². The molecule has 0 spiro atoms. The number of pyridine rings is 1. The molecule has 0 bridgehead atoms. The van der Waals surface area contributed by atoms with Crippen LogP contribution in [0.1, 0.15) is 18.4 Å². The molecule has 3 rings (SSSR count). The minimum Gasteiger partial charge on any atom is -0.316 e. The molecule has 0 amide bonds. The molecule has 1 saturated heterocycles. The van der Waals surface area contributed by atoms with E-state index in [-0.39, 0.29) is 0 Å². The van der Waals surface area contributed by atoms with Gasteiger partial charge in [-0.05, 0) is 62.0 Å². The zero-order valence-corrected chi connectivity index (χ0v) is 12.1. The van der Waals surface area contributed by atoms with Crippen molar-refractivity contribution in [1.29, 1.82) is 0 Å². The van der Waals surface area contributed by atoms with Crippen molar-refractivity contribution in [2.75, 3.05) is 13.1 Å². The monoisotopic (exact) mass is 294 g/mol. The van der Waals surface area contributed by atoms with Crippen molar-refractivity contribution in [3.05, 3.63) is 40.0 Å². The van der Waals surface area contributed by atoms with Gasteiger partial charge in [0.15, 0.2) is 0 Å². The molecule has 2 heterocycles. The normalized spacial score (nSPS) is 19.8. The fourth-order valence-corrected chi connectivity index (χ4v) is 3.21. The van der Waals surface area contributed by atoms with E-state index in [0.717, 1.165) is 35.4 Å². The summed E-state index contributed by atoms with van der Waals surface area (Å²) in [4.78, 5) is 4.29. The van der Waals surface area contributed by atoms with Gasteiger partial charge < -0.3 is 5.32 Å². The first-order valence-corrected chi connectivity index (χ1v) is 7.44. The first kappa shape index (κ1) is 13.2. The third-order valence-electron chi connectivity index (χ3n) is 3.76. The zero-order valence-electron chi connectivity index (χ0n) is 10.6. The quantitative estimate of drug-likeness (QED) is 0.844. The van der Waals surface area contributed by atoms with Crippen LogP contribution in [0.25, 0.3) is 10.9 Å². The van der Waals surface area contributed by atoms with Crippen molar-refractivity contribution in [3.8, 4) is 0 Å².